The van der Waals surface area contributed by atoms with Crippen molar-refractivity contribution in [2.45, 2.75) is 32.1 Å². The van der Waals surface area contributed by atoms with Crippen molar-refractivity contribution in [3.8, 4) is 0 Å². The van der Waals surface area contributed by atoms with Crippen molar-refractivity contribution in [1.29, 1.82) is 0 Å². The molecule has 2 rings (SSSR count). The Balaban J connectivity index is 1.91. The quantitative estimate of drug-likeness (QED) is 0.907. The standard InChI is InChI=1S/C14H18BrNO/c15-12-4-2-11(3-5-12)8-13(17)9-14(10-16)6-1-7-14/h2-5H,1,6-10,16H2. The second-order valence-corrected chi connectivity index (χ2v) is 5.99. The van der Waals surface area contributed by atoms with E-state index in [-0.39, 0.29) is 5.41 Å². The first-order valence-electron chi connectivity index (χ1n) is 6.10. The molecule has 1 fully saturated rings. The average molecular weight is 296 g/mol. The molecule has 0 atom stereocenters. The van der Waals surface area contributed by atoms with Crippen LogP contribution in [0.2, 0.25) is 0 Å². The molecule has 0 radical (unpaired) electrons. The van der Waals surface area contributed by atoms with Crippen LogP contribution in [-0.2, 0) is 11.2 Å². The van der Waals surface area contributed by atoms with E-state index >= 15 is 0 Å². The van der Waals surface area contributed by atoms with Gasteiger partial charge in [0, 0.05) is 17.3 Å². The SMILES string of the molecule is NCC1(CC(=O)Cc2ccc(Br)cc2)CCC1. The van der Waals surface area contributed by atoms with Gasteiger partial charge in [-0.2, -0.15) is 0 Å². The highest BCUT2D eigenvalue weighted by atomic mass is 79.9. The summed E-state index contributed by atoms with van der Waals surface area (Å²) in [7, 11) is 0. The van der Waals surface area contributed by atoms with Crippen LogP contribution in [0, 0.1) is 5.41 Å². The summed E-state index contributed by atoms with van der Waals surface area (Å²) >= 11 is 3.39. The summed E-state index contributed by atoms with van der Waals surface area (Å²) < 4.78 is 1.05. The molecule has 3 heteroatoms. The molecule has 0 amide bonds. The van der Waals surface area contributed by atoms with Crippen LogP contribution >= 0.6 is 15.9 Å². The number of carbonyl (C=O) groups excluding carboxylic acids is 1. The van der Waals surface area contributed by atoms with Gasteiger partial charge in [-0.25, -0.2) is 0 Å². The minimum Gasteiger partial charge on any atom is -0.330 e. The van der Waals surface area contributed by atoms with Gasteiger partial charge in [0.2, 0.25) is 0 Å². The van der Waals surface area contributed by atoms with E-state index in [9.17, 15) is 4.79 Å². The first-order chi connectivity index (χ1) is 8.13. The van der Waals surface area contributed by atoms with E-state index in [1.807, 2.05) is 24.3 Å². The zero-order valence-electron chi connectivity index (χ0n) is 9.92. The maximum Gasteiger partial charge on any atom is 0.137 e. The number of hydrogen-bond donors (Lipinski definition) is 1. The fourth-order valence-corrected chi connectivity index (χ4v) is 2.70. The summed E-state index contributed by atoms with van der Waals surface area (Å²) in [5.41, 5.74) is 6.99. The lowest BCUT2D eigenvalue weighted by Gasteiger charge is -2.40. The van der Waals surface area contributed by atoms with Crippen molar-refractivity contribution in [1.82, 2.24) is 0 Å². The molecule has 0 aromatic heterocycles. The Kier molecular flexibility index (Phi) is 4.00. The molecule has 1 saturated carbocycles. The molecule has 1 aromatic rings. The normalized spacial score (nSPS) is 17.5. The smallest absolute Gasteiger partial charge is 0.137 e. The predicted octanol–water partition coefficient (Wildman–Crippen LogP) is 3.08. The summed E-state index contributed by atoms with van der Waals surface area (Å²) in [5, 5.41) is 0. The lowest BCUT2D eigenvalue weighted by atomic mass is 9.65. The van der Waals surface area contributed by atoms with Gasteiger partial charge in [0.1, 0.15) is 5.78 Å². The third-order valence-corrected chi connectivity index (χ3v) is 4.26. The van der Waals surface area contributed by atoms with Gasteiger partial charge in [-0.15, -0.1) is 0 Å². The maximum absolute atomic E-state index is 12.0. The molecular formula is C14H18BrNO. The van der Waals surface area contributed by atoms with Gasteiger partial charge in [-0.1, -0.05) is 34.5 Å². The Labute approximate surface area is 111 Å². The molecule has 0 bridgehead atoms. The lowest BCUT2D eigenvalue weighted by Crippen LogP contribution is -2.39. The van der Waals surface area contributed by atoms with Gasteiger partial charge in [0.05, 0.1) is 0 Å². The van der Waals surface area contributed by atoms with Crippen molar-refractivity contribution in [2.75, 3.05) is 6.54 Å². The zero-order chi connectivity index (χ0) is 12.3. The van der Waals surface area contributed by atoms with Gasteiger partial charge in [0.15, 0.2) is 0 Å². The van der Waals surface area contributed by atoms with Crippen molar-refractivity contribution in [3.05, 3.63) is 34.3 Å². The minimum atomic E-state index is 0.131. The molecular weight excluding hydrogens is 278 g/mol. The van der Waals surface area contributed by atoms with Crippen LogP contribution in [0.5, 0.6) is 0 Å². The molecule has 1 aliphatic rings. The molecule has 2 N–H and O–H groups in total. The molecule has 0 unspecified atom stereocenters. The van der Waals surface area contributed by atoms with Gasteiger partial charge >= 0.3 is 0 Å². The Morgan fingerprint density at radius 1 is 1.29 bits per heavy atom. The number of halogens is 1. The van der Waals surface area contributed by atoms with Crippen molar-refractivity contribution >= 4 is 21.7 Å². The van der Waals surface area contributed by atoms with E-state index in [1.165, 1.54) is 6.42 Å². The Morgan fingerprint density at radius 2 is 1.94 bits per heavy atom. The first-order valence-corrected chi connectivity index (χ1v) is 6.89. The highest BCUT2D eigenvalue weighted by Crippen LogP contribution is 2.43. The van der Waals surface area contributed by atoms with Crippen LogP contribution in [0.3, 0.4) is 0 Å². The van der Waals surface area contributed by atoms with Crippen LogP contribution in [0.25, 0.3) is 0 Å². The van der Waals surface area contributed by atoms with E-state index in [1.54, 1.807) is 0 Å². The second kappa shape index (κ2) is 5.32. The molecule has 0 aliphatic heterocycles. The Bertz CT molecular complexity index is 390. The van der Waals surface area contributed by atoms with Crippen LogP contribution in [0.4, 0.5) is 0 Å². The topological polar surface area (TPSA) is 43.1 Å². The van der Waals surface area contributed by atoms with E-state index in [0.29, 0.717) is 25.2 Å². The number of hydrogen-bond acceptors (Lipinski definition) is 2. The zero-order valence-corrected chi connectivity index (χ0v) is 11.5. The molecule has 92 valence electrons. The summed E-state index contributed by atoms with van der Waals surface area (Å²) in [6.07, 6.45) is 4.66. The largest absolute Gasteiger partial charge is 0.330 e. The van der Waals surface area contributed by atoms with E-state index in [4.69, 9.17) is 5.73 Å². The molecule has 1 aliphatic carbocycles. The number of ketones is 1. The monoisotopic (exact) mass is 295 g/mol. The number of carbonyl (C=O) groups is 1. The number of nitrogens with two attached hydrogens (primary N) is 1. The second-order valence-electron chi connectivity index (χ2n) is 5.08. The molecule has 0 spiro atoms. The molecule has 2 nitrogen and oxygen atoms in total. The third kappa shape index (κ3) is 3.17. The lowest BCUT2D eigenvalue weighted by molar-refractivity contribution is -0.122. The summed E-state index contributed by atoms with van der Waals surface area (Å²) in [6, 6.07) is 7.95. The molecule has 0 heterocycles. The van der Waals surface area contributed by atoms with E-state index < -0.39 is 0 Å². The highest BCUT2D eigenvalue weighted by Gasteiger charge is 2.37. The Hall–Kier alpha value is -0.670. The summed E-state index contributed by atoms with van der Waals surface area (Å²) in [5.74, 6) is 0.317. The Morgan fingerprint density at radius 3 is 2.41 bits per heavy atom. The number of rotatable bonds is 5. The molecule has 1 aromatic carbocycles. The van der Waals surface area contributed by atoms with E-state index in [0.717, 1.165) is 22.9 Å². The summed E-state index contributed by atoms with van der Waals surface area (Å²) in [6.45, 7) is 0.652. The van der Waals surface area contributed by atoms with Gasteiger partial charge in [-0.3, -0.25) is 4.79 Å². The highest BCUT2D eigenvalue weighted by molar-refractivity contribution is 9.10. The van der Waals surface area contributed by atoms with Gasteiger partial charge in [0.25, 0.3) is 0 Å². The van der Waals surface area contributed by atoms with Gasteiger partial charge < -0.3 is 5.73 Å². The first kappa shape index (κ1) is 12.8. The maximum atomic E-state index is 12.0. The van der Waals surface area contributed by atoms with Crippen molar-refractivity contribution in [2.24, 2.45) is 11.1 Å². The van der Waals surface area contributed by atoms with E-state index in [2.05, 4.69) is 15.9 Å². The third-order valence-electron chi connectivity index (χ3n) is 3.73. The van der Waals surface area contributed by atoms with Crippen LogP contribution in [0.1, 0.15) is 31.2 Å². The van der Waals surface area contributed by atoms with Crippen molar-refractivity contribution in [3.63, 3.8) is 0 Å². The average Bonchev–Trinajstić information content (AvgIpc) is 2.27. The van der Waals surface area contributed by atoms with Crippen LogP contribution in [-0.4, -0.2) is 12.3 Å². The van der Waals surface area contributed by atoms with Crippen LogP contribution < -0.4 is 5.73 Å². The minimum absolute atomic E-state index is 0.131. The molecule has 17 heavy (non-hydrogen) atoms. The molecule has 0 saturated heterocycles. The number of Topliss-reactive ketones (excluding diaryl/α,β-unsaturated/α-hetero) is 1. The fourth-order valence-electron chi connectivity index (χ4n) is 2.44. The van der Waals surface area contributed by atoms with Crippen molar-refractivity contribution < 1.29 is 4.79 Å². The summed E-state index contributed by atoms with van der Waals surface area (Å²) in [4.78, 5) is 12.0. The van der Waals surface area contributed by atoms with Crippen LogP contribution in [0.15, 0.2) is 28.7 Å². The number of benzene rings is 1. The van der Waals surface area contributed by atoms with Gasteiger partial charge in [-0.05, 0) is 42.5 Å². The fraction of sp³-hybridized carbons (Fsp3) is 0.500. The predicted molar refractivity (Wildman–Crippen MR) is 72.8 cm³/mol.